The first-order valence-electron chi connectivity index (χ1n) is 8.61. The lowest BCUT2D eigenvalue weighted by molar-refractivity contribution is -0.0504. The van der Waals surface area contributed by atoms with Crippen molar-refractivity contribution < 1.29 is 14.3 Å². The summed E-state index contributed by atoms with van der Waals surface area (Å²) in [5, 5.41) is 9.30. The van der Waals surface area contributed by atoms with Crippen LogP contribution in [0.25, 0.3) is 0 Å². The molecule has 2 fully saturated rings. The minimum absolute atomic E-state index is 0.182. The van der Waals surface area contributed by atoms with Crippen LogP contribution < -0.4 is 5.43 Å². The fourth-order valence-corrected chi connectivity index (χ4v) is 3.72. The largest absolute Gasteiger partial charge is 0.502 e. The lowest BCUT2D eigenvalue weighted by Crippen LogP contribution is -2.50. The van der Waals surface area contributed by atoms with Gasteiger partial charge in [-0.05, 0) is 5.56 Å². The molecule has 132 valence electrons. The maximum absolute atomic E-state index is 11.6. The molecular weight excluding hydrogens is 320 g/mol. The molecule has 25 heavy (non-hydrogen) atoms. The quantitative estimate of drug-likeness (QED) is 0.907. The second-order valence-corrected chi connectivity index (χ2v) is 6.72. The van der Waals surface area contributed by atoms with Gasteiger partial charge in [-0.15, -0.1) is 0 Å². The molecule has 2 saturated heterocycles. The van der Waals surface area contributed by atoms with Crippen molar-refractivity contribution in [3.8, 4) is 5.75 Å². The summed E-state index contributed by atoms with van der Waals surface area (Å²) in [4.78, 5) is 16.3. The van der Waals surface area contributed by atoms with E-state index in [1.54, 1.807) is 0 Å². The van der Waals surface area contributed by atoms with E-state index in [4.69, 9.17) is 9.15 Å². The fraction of sp³-hybridized carbons (Fsp3) is 0.421. The first-order valence-corrected chi connectivity index (χ1v) is 8.61. The highest BCUT2D eigenvalue weighted by Gasteiger charge is 2.40. The minimum Gasteiger partial charge on any atom is -0.502 e. The number of aromatic hydroxyl groups is 1. The number of likely N-dealkylation sites (tertiary alicyclic amines) is 1. The van der Waals surface area contributed by atoms with Crippen LogP contribution in [0.5, 0.6) is 5.75 Å². The van der Waals surface area contributed by atoms with E-state index in [0.29, 0.717) is 18.3 Å². The van der Waals surface area contributed by atoms with Crippen molar-refractivity contribution in [1.82, 2.24) is 9.80 Å². The average Bonchev–Trinajstić information content (AvgIpc) is 3.03. The summed E-state index contributed by atoms with van der Waals surface area (Å²) >= 11 is 0. The molecule has 0 radical (unpaired) electrons. The molecule has 1 N–H and O–H groups in total. The van der Waals surface area contributed by atoms with Gasteiger partial charge in [0.2, 0.25) is 5.43 Å². The van der Waals surface area contributed by atoms with E-state index < -0.39 is 5.43 Å². The van der Waals surface area contributed by atoms with E-state index in [2.05, 4.69) is 34.1 Å². The van der Waals surface area contributed by atoms with Crippen molar-refractivity contribution in [2.24, 2.45) is 0 Å². The molecule has 0 aliphatic carbocycles. The molecule has 3 heterocycles. The Bertz CT molecular complexity index is 776. The Morgan fingerprint density at radius 2 is 2.00 bits per heavy atom. The molecule has 6 nitrogen and oxygen atoms in total. The number of hydrogen-bond acceptors (Lipinski definition) is 6. The van der Waals surface area contributed by atoms with Gasteiger partial charge in [0.05, 0.1) is 25.3 Å². The van der Waals surface area contributed by atoms with Crippen molar-refractivity contribution in [3.05, 3.63) is 64.2 Å². The molecule has 6 heteroatoms. The highest BCUT2D eigenvalue weighted by molar-refractivity contribution is 5.16. The van der Waals surface area contributed by atoms with E-state index in [0.717, 1.165) is 39.0 Å². The number of ether oxygens (including phenoxy) is 1. The maximum Gasteiger partial charge on any atom is 0.226 e. The summed E-state index contributed by atoms with van der Waals surface area (Å²) in [7, 11) is 0. The van der Waals surface area contributed by atoms with Crippen molar-refractivity contribution in [2.45, 2.75) is 25.2 Å². The van der Waals surface area contributed by atoms with E-state index in [-0.39, 0.29) is 11.9 Å². The van der Waals surface area contributed by atoms with Gasteiger partial charge in [-0.25, -0.2) is 0 Å². The Kier molecular flexibility index (Phi) is 4.57. The van der Waals surface area contributed by atoms with Crippen molar-refractivity contribution in [1.29, 1.82) is 0 Å². The molecule has 0 spiro atoms. The fourth-order valence-electron chi connectivity index (χ4n) is 3.72. The second kappa shape index (κ2) is 7.00. The smallest absolute Gasteiger partial charge is 0.226 e. The Morgan fingerprint density at radius 1 is 1.16 bits per heavy atom. The predicted molar refractivity (Wildman–Crippen MR) is 92.3 cm³/mol. The lowest BCUT2D eigenvalue weighted by Gasteiger charge is -2.37. The van der Waals surface area contributed by atoms with Crippen LogP contribution in [-0.4, -0.2) is 53.3 Å². The van der Waals surface area contributed by atoms with Gasteiger partial charge in [-0.1, -0.05) is 30.3 Å². The normalized spacial score (nSPS) is 24.3. The average molecular weight is 342 g/mol. The number of rotatable bonds is 4. The molecule has 0 bridgehead atoms. The Hall–Kier alpha value is -2.15. The van der Waals surface area contributed by atoms with Crippen molar-refractivity contribution in [2.75, 3.05) is 26.2 Å². The van der Waals surface area contributed by atoms with Crippen LogP contribution in [0.15, 0.2) is 51.9 Å². The summed E-state index contributed by atoms with van der Waals surface area (Å²) in [6.45, 7) is 4.84. The van der Waals surface area contributed by atoms with Crippen LogP contribution in [-0.2, 0) is 17.8 Å². The number of benzene rings is 1. The zero-order valence-electron chi connectivity index (χ0n) is 14.0. The number of fused-ring (bicyclic) bond motifs is 1. The third-order valence-electron chi connectivity index (χ3n) is 4.97. The van der Waals surface area contributed by atoms with E-state index >= 15 is 0 Å². The van der Waals surface area contributed by atoms with Crippen LogP contribution >= 0.6 is 0 Å². The van der Waals surface area contributed by atoms with Crippen LogP contribution in [0.3, 0.4) is 0 Å². The van der Waals surface area contributed by atoms with Gasteiger partial charge in [0.25, 0.3) is 0 Å². The predicted octanol–water partition coefficient (Wildman–Crippen LogP) is 1.43. The summed E-state index contributed by atoms with van der Waals surface area (Å²) in [6.07, 6.45) is 1.29. The summed E-state index contributed by atoms with van der Waals surface area (Å²) in [5.41, 5.74) is 0.908. The highest BCUT2D eigenvalue weighted by Crippen LogP contribution is 2.25. The number of nitrogens with zero attached hydrogens (tertiary/aromatic N) is 2. The Morgan fingerprint density at radius 3 is 2.80 bits per heavy atom. The van der Waals surface area contributed by atoms with Crippen LogP contribution in [0, 0.1) is 0 Å². The molecule has 2 aromatic rings. The molecule has 1 aromatic heterocycles. The zero-order valence-corrected chi connectivity index (χ0v) is 14.0. The molecule has 2 atom stereocenters. The molecule has 2 aliphatic rings. The maximum atomic E-state index is 11.6. The van der Waals surface area contributed by atoms with Crippen molar-refractivity contribution >= 4 is 0 Å². The molecule has 0 saturated carbocycles. The van der Waals surface area contributed by atoms with Crippen LogP contribution in [0.1, 0.15) is 11.3 Å². The second-order valence-electron chi connectivity index (χ2n) is 6.72. The lowest BCUT2D eigenvalue weighted by atomic mass is 10.1. The first kappa shape index (κ1) is 16.3. The molecular formula is C19H22N2O4. The third kappa shape index (κ3) is 3.61. The standard InChI is InChI=1S/C19H22N2O4/c22-17-8-15(25-13-18(17)23)10-20-11-16-19(12-20)24-7-6-21(16)9-14-4-2-1-3-5-14/h1-5,8,13,16,19,23H,6-7,9-12H2/t16-,19+/m1/s1. The van der Waals surface area contributed by atoms with Gasteiger partial charge in [0.1, 0.15) is 12.0 Å². The monoisotopic (exact) mass is 342 g/mol. The van der Waals surface area contributed by atoms with Gasteiger partial charge in [-0.2, -0.15) is 0 Å². The molecule has 0 unspecified atom stereocenters. The van der Waals surface area contributed by atoms with E-state index in [1.807, 2.05) is 6.07 Å². The molecule has 0 amide bonds. The number of morpholine rings is 1. The Labute approximate surface area is 146 Å². The van der Waals surface area contributed by atoms with Gasteiger partial charge < -0.3 is 14.3 Å². The summed E-state index contributed by atoms with van der Waals surface area (Å²) in [5.74, 6) is 0.215. The Balaban J connectivity index is 1.43. The summed E-state index contributed by atoms with van der Waals surface area (Å²) < 4.78 is 11.3. The van der Waals surface area contributed by atoms with Crippen molar-refractivity contribution in [3.63, 3.8) is 0 Å². The number of hydrogen-bond donors (Lipinski definition) is 1. The molecule has 2 aliphatic heterocycles. The molecule has 1 aromatic carbocycles. The van der Waals surface area contributed by atoms with E-state index in [1.165, 1.54) is 11.6 Å². The zero-order chi connectivity index (χ0) is 17.2. The SMILES string of the molecule is O=c1cc(CN2C[C@@H]3OCCN(Cc4ccccc4)[C@@H]3C2)occ1O. The topological polar surface area (TPSA) is 66.2 Å². The van der Waals surface area contributed by atoms with Gasteiger partial charge in [-0.3, -0.25) is 14.6 Å². The summed E-state index contributed by atoms with van der Waals surface area (Å²) in [6, 6.07) is 12.2. The van der Waals surface area contributed by atoms with Gasteiger partial charge >= 0.3 is 0 Å². The third-order valence-corrected chi connectivity index (χ3v) is 4.97. The minimum atomic E-state index is -0.403. The van der Waals surface area contributed by atoms with Gasteiger partial charge in [0.15, 0.2) is 5.75 Å². The highest BCUT2D eigenvalue weighted by atomic mass is 16.5. The molecule has 4 rings (SSSR count). The van der Waals surface area contributed by atoms with E-state index in [9.17, 15) is 9.90 Å². The van der Waals surface area contributed by atoms with Crippen LogP contribution in [0.4, 0.5) is 0 Å². The first-order chi connectivity index (χ1) is 12.2. The van der Waals surface area contributed by atoms with Crippen LogP contribution in [0.2, 0.25) is 0 Å². The van der Waals surface area contributed by atoms with Gasteiger partial charge in [0, 0.05) is 32.2 Å².